The van der Waals surface area contributed by atoms with Crippen molar-refractivity contribution < 1.29 is 27.1 Å². The van der Waals surface area contributed by atoms with Gasteiger partial charge in [0.05, 0.1) is 47.3 Å². The number of methoxy groups -OCH3 is 1. The van der Waals surface area contributed by atoms with E-state index in [9.17, 15) is 27.2 Å². The molecule has 0 spiro atoms. The molecule has 0 aliphatic rings. The van der Waals surface area contributed by atoms with E-state index >= 15 is 0 Å². The minimum absolute atomic E-state index is 0.0372. The maximum Gasteiger partial charge on any atom is 0.417 e. The first-order valence-corrected chi connectivity index (χ1v) is 9.06. The van der Waals surface area contributed by atoms with Crippen LogP contribution in [0, 0.1) is 17.1 Å². The van der Waals surface area contributed by atoms with Crippen molar-refractivity contribution in [2.24, 2.45) is 0 Å². The summed E-state index contributed by atoms with van der Waals surface area (Å²) in [6.07, 6.45) is -3.67. The van der Waals surface area contributed by atoms with Gasteiger partial charge in [-0.25, -0.2) is 9.37 Å². The predicted molar refractivity (Wildman–Crippen MR) is 103 cm³/mol. The summed E-state index contributed by atoms with van der Waals surface area (Å²) in [5.74, 6) is -2.21. The highest BCUT2D eigenvalue weighted by Crippen LogP contribution is 2.39. The zero-order chi connectivity index (χ0) is 23.6. The predicted octanol–water partition coefficient (Wildman–Crippen LogP) is 2.78. The number of halogens is 4. The number of pyridine rings is 3. The number of rotatable bonds is 5. The molecule has 0 unspecified atom stereocenters. The van der Waals surface area contributed by atoms with Crippen molar-refractivity contribution in [2.75, 3.05) is 7.11 Å². The van der Waals surface area contributed by atoms with Gasteiger partial charge in [0.15, 0.2) is 0 Å². The van der Waals surface area contributed by atoms with Crippen molar-refractivity contribution in [3.8, 4) is 11.9 Å². The molecule has 1 amide bonds. The average molecular weight is 449 g/mol. The Morgan fingerprint density at radius 3 is 2.69 bits per heavy atom. The van der Waals surface area contributed by atoms with Gasteiger partial charge in [0.25, 0.3) is 5.56 Å². The number of ether oxygens (including phenoxy) is 1. The van der Waals surface area contributed by atoms with Gasteiger partial charge in [-0.1, -0.05) is 0 Å². The lowest BCUT2D eigenvalue weighted by Crippen LogP contribution is -2.32. The number of aromatic nitrogens is 3. The van der Waals surface area contributed by atoms with Gasteiger partial charge < -0.3 is 15.0 Å². The Bertz CT molecular complexity index is 1300. The molecule has 0 aliphatic carbocycles. The van der Waals surface area contributed by atoms with E-state index in [-0.39, 0.29) is 22.7 Å². The molecule has 166 valence electrons. The van der Waals surface area contributed by atoms with E-state index in [1.807, 2.05) is 0 Å². The zero-order valence-electron chi connectivity index (χ0n) is 16.7. The molecule has 0 radical (unpaired) electrons. The summed E-state index contributed by atoms with van der Waals surface area (Å²) in [6.45, 7) is 1.36. The number of carbonyl (C=O) groups excluding carboxylic acids is 1. The summed E-state index contributed by atoms with van der Waals surface area (Å²) in [7, 11) is 1.13. The van der Waals surface area contributed by atoms with Gasteiger partial charge in [-0.3, -0.25) is 14.6 Å². The number of nitriles is 1. The molecule has 0 fully saturated rings. The molecule has 0 aromatic carbocycles. The molecule has 8 nitrogen and oxygen atoms in total. The minimum Gasteiger partial charge on any atom is -0.480 e. The third kappa shape index (κ3) is 4.36. The number of aromatic amines is 1. The number of fused-ring (bicyclic) bond motifs is 1. The number of amides is 1. The molecule has 2 N–H and O–H groups in total. The first-order valence-electron chi connectivity index (χ1n) is 9.06. The van der Waals surface area contributed by atoms with Crippen LogP contribution in [0.4, 0.5) is 17.6 Å². The Morgan fingerprint density at radius 2 is 2.09 bits per heavy atom. The van der Waals surface area contributed by atoms with Crippen LogP contribution >= 0.6 is 0 Å². The number of alkyl halides is 3. The van der Waals surface area contributed by atoms with E-state index in [0.717, 1.165) is 19.4 Å². The van der Waals surface area contributed by atoms with E-state index in [2.05, 4.69) is 20.3 Å². The van der Waals surface area contributed by atoms with Crippen molar-refractivity contribution in [1.82, 2.24) is 20.3 Å². The van der Waals surface area contributed by atoms with Crippen LogP contribution < -0.4 is 15.6 Å². The minimum atomic E-state index is -5.00. The van der Waals surface area contributed by atoms with Crippen molar-refractivity contribution in [2.45, 2.75) is 25.6 Å². The first kappa shape index (κ1) is 22.7. The number of hydrogen-bond acceptors (Lipinski definition) is 6. The fourth-order valence-electron chi connectivity index (χ4n) is 3.24. The van der Waals surface area contributed by atoms with Crippen molar-refractivity contribution >= 4 is 16.8 Å². The van der Waals surface area contributed by atoms with Crippen LogP contribution in [0.25, 0.3) is 10.9 Å². The van der Waals surface area contributed by atoms with E-state index in [0.29, 0.717) is 0 Å². The van der Waals surface area contributed by atoms with Gasteiger partial charge in [0, 0.05) is 18.0 Å². The second-order valence-electron chi connectivity index (χ2n) is 6.72. The zero-order valence-corrected chi connectivity index (χ0v) is 16.7. The van der Waals surface area contributed by atoms with Crippen LogP contribution in [0.2, 0.25) is 0 Å². The van der Waals surface area contributed by atoms with Gasteiger partial charge in [-0.2, -0.15) is 18.4 Å². The summed E-state index contributed by atoms with van der Waals surface area (Å²) < 4.78 is 60.8. The Hall–Kier alpha value is -4.01. The Balaban J connectivity index is 2.00. The van der Waals surface area contributed by atoms with Gasteiger partial charge >= 0.3 is 6.18 Å². The largest absolute Gasteiger partial charge is 0.480 e. The molecular formula is C20H15F4N5O3. The normalized spacial score (nSPS) is 12.3. The molecule has 12 heteroatoms. The summed E-state index contributed by atoms with van der Waals surface area (Å²) in [5.41, 5.74) is -3.70. The number of carbonyl (C=O) groups is 1. The third-order valence-corrected chi connectivity index (χ3v) is 4.59. The quantitative estimate of drug-likeness (QED) is 0.578. The van der Waals surface area contributed by atoms with Crippen LogP contribution in [-0.2, 0) is 17.4 Å². The summed E-state index contributed by atoms with van der Waals surface area (Å²) in [5, 5.41) is 10.6. The lowest BCUT2D eigenvalue weighted by atomic mass is 10.0. The summed E-state index contributed by atoms with van der Waals surface area (Å²) in [6, 6.07) is 2.76. The Kier molecular flexibility index (Phi) is 6.11. The van der Waals surface area contributed by atoms with Crippen LogP contribution in [-0.4, -0.2) is 28.0 Å². The lowest BCUT2D eigenvalue weighted by molar-refractivity contribution is -0.137. The monoisotopic (exact) mass is 449 g/mol. The van der Waals surface area contributed by atoms with Crippen molar-refractivity contribution in [3.63, 3.8) is 0 Å². The standard InChI is InChI=1S/C20H15F4N5O3/c1-9(17-12(21)5-10(7-25)8-27-17)28-14(30)6-11-16(20(22,23)24)15-13(29-18(11)31)3-4-26-19(15)32-2/h3-5,8-9H,6H2,1-2H3,(H,28,30)(H,29,31)/t9-/m0/s1. The Labute approximate surface area is 177 Å². The highest BCUT2D eigenvalue weighted by molar-refractivity contribution is 5.90. The number of nitrogens with one attached hydrogen (secondary N) is 2. The summed E-state index contributed by atoms with van der Waals surface area (Å²) >= 11 is 0. The second-order valence-corrected chi connectivity index (χ2v) is 6.72. The smallest absolute Gasteiger partial charge is 0.417 e. The fourth-order valence-corrected chi connectivity index (χ4v) is 3.24. The molecule has 3 heterocycles. The van der Waals surface area contributed by atoms with Gasteiger partial charge in [-0.15, -0.1) is 0 Å². The topological polar surface area (TPSA) is 121 Å². The molecule has 0 saturated carbocycles. The molecule has 3 rings (SSSR count). The fraction of sp³-hybridized carbons (Fsp3) is 0.250. The highest BCUT2D eigenvalue weighted by Gasteiger charge is 2.39. The molecule has 1 atom stereocenters. The Morgan fingerprint density at radius 1 is 1.38 bits per heavy atom. The van der Waals surface area contributed by atoms with E-state index < -0.39 is 52.4 Å². The van der Waals surface area contributed by atoms with E-state index in [1.54, 1.807) is 6.07 Å². The van der Waals surface area contributed by atoms with E-state index in [4.69, 9.17) is 10.00 Å². The lowest BCUT2D eigenvalue weighted by Gasteiger charge is -2.18. The summed E-state index contributed by atoms with van der Waals surface area (Å²) in [4.78, 5) is 34.7. The van der Waals surface area contributed by atoms with E-state index in [1.165, 1.54) is 19.2 Å². The molecule has 0 saturated heterocycles. The van der Waals surface area contributed by atoms with Crippen LogP contribution in [0.5, 0.6) is 5.88 Å². The van der Waals surface area contributed by atoms with Crippen molar-refractivity contribution in [1.29, 1.82) is 5.26 Å². The third-order valence-electron chi connectivity index (χ3n) is 4.59. The van der Waals surface area contributed by atoms with Crippen LogP contribution in [0.15, 0.2) is 29.3 Å². The van der Waals surface area contributed by atoms with Crippen molar-refractivity contribution in [3.05, 3.63) is 63.1 Å². The molecular weight excluding hydrogens is 434 g/mol. The molecule has 0 aliphatic heterocycles. The molecule has 32 heavy (non-hydrogen) atoms. The molecule has 0 bridgehead atoms. The maximum absolute atomic E-state index is 14.1. The highest BCUT2D eigenvalue weighted by atomic mass is 19.4. The average Bonchev–Trinajstić information content (AvgIpc) is 2.72. The maximum atomic E-state index is 14.1. The number of hydrogen-bond donors (Lipinski definition) is 2. The van der Waals surface area contributed by atoms with Gasteiger partial charge in [-0.05, 0) is 19.1 Å². The van der Waals surface area contributed by atoms with Crippen LogP contribution in [0.1, 0.15) is 35.3 Å². The number of H-pyrrole nitrogens is 1. The first-order chi connectivity index (χ1) is 15.1. The van der Waals surface area contributed by atoms with Crippen LogP contribution in [0.3, 0.4) is 0 Å². The second kappa shape index (κ2) is 8.62. The molecule has 3 aromatic rings. The molecule has 3 aromatic heterocycles. The van der Waals surface area contributed by atoms with Gasteiger partial charge in [0.1, 0.15) is 11.9 Å². The number of nitrogens with zero attached hydrogens (tertiary/aromatic N) is 3. The van der Waals surface area contributed by atoms with Gasteiger partial charge in [0.2, 0.25) is 11.8 Å². The SMILES string of the molecule is COc1nccc2[nH]c(=O)c(CC(=O)N[C@@H](C)c3ncc(C#N)cc3F)c(C(F)(F)F)c12.